The Hall–Kier alpha value is -2.46. The fourth-order valence-electron chi connectivity index (χ4n) is 4.66. The number of nitrogens with one attached hydrogen (secondary N) is 2. The summed E-state index contributed by atoms with van der Waals surface area (Å²) in [6.07, 6.45) is 0.812. The second kappa shape index (κ2) is 9.84. The smallest absolute Gasteiger partial charge is 0.0434 e. The molecule has 3 aromatic carbocycles. The van der Waals surface area contributed by atoms with Crippen molar-refractivity contribution in [2.75, 3.05) is 13.2 Å². The molecule has 150 valence electrons. The molecule has 0 aromatic heterocycles. The maximum Gasteiger partial charge on any atom is 0.0434 e. The van der Waals surface area contributed by atoms with Crippen molar-refractivity contribution in [2.24, 2.45) is 5.92 Å². The third kappa shape index (κ3) is 4.76. The lowest BCUT2D eigenvalue weighted by Gasteiger charge is -2.32. The first-order valence-corrected chi connectivity index (χ1v) is 10.6. The Kier molecular flexibility index (Phi) is 6.73. The van der Waals surface area contributed by atoms with Crippen LogP contribution in [0, 0.1) is 5.92 Å². The van der Waals surface area contributed by atoms with E-state index in [2.05, 4.69) is 102 Å². The molecule has 1 aliphatic rings. The van der Waals surface area contributed by atoms with Crippen molar-refractivity contribution in [3.63, 3.8) is 0 Å². The van der Waals surface area contributed by atoms with E-state index in [1.54, 1.807) is 0 Å². The van der Waals surface area contributed by atoms with Gasteiger partial charge >= 0.3 is 0 Å². The summed E-state index contributed by atoms with van der Waals surface area (Å²) in [4.78, 5) is 0. The minimum absolute atomic E-state index is 0.226. The van der Waals surface area contributed by atoms with Crippen LogP contribution in [0.25, 0.3) is 0 Å². The van der Waals surface area contributed by atoms with E-state index in [9.17, 15) is 5.11 Å². The Morgan fingerprint density at radius 2 is 1.38 bits per heavy atom. The van der Waals surface area contributed by atoms with Crippen LogP contribution in [0.2, 0.25) is 0 Å². The zero-order valence-electron chi connectivity index (χ0n) is 16.7. The van der Waals surface area contributed by atoms with Crippen molar-refractivity contribution in [2.45, 2.75) is 31.0 Å². The Labute approximate surface area is 173 Å². The van der Waals surface area contributed by atoms with Crippen molar-refractivity contribution in [1.82, 2.24) is 10.6 Å². The molecule has 0 saturated carbocycles. The fourth-order valence-corrected chi connectivity index (χ4v) is 4.66. The number of hydrogen-bond donors (Lipinski definition) is 3. The first-order valence-electron chi connectivity index (χ1n) is 10.6. The van der Waals surface area contributed by atoms with E-state index in [0.29, 0.717) is 5.92 Å². The highest BCUT2D eigenvalue weighted by Gasteiger charge is 2.40. The van der Waals surface area contributed by atoms with Gasteiger partial charge in [-0.25, -0.2) is 0 Å². The molecule has 3 unspecified atom stereocenters. The third-order valence-corrected chi connectivity index (χ3v) is 6.07. The number of benzene rings is 3. The van der Waals surface area contributed by atoms with Crippen molar-refractivity contribution < 1.29 is 5.11 Å². The van der Waals surface area contributed by atoms with Gasteiger partial charge in [0.15, 0.2) is 0 Å². The zero-order chi connectivity index (χ0) is 19.9. The second-order valence-corrected chi connectivity index (χ2v) is 7.90. The SMILES string of the molecule is OCCC1CNC(C(c2ccccc2)c2ccccc2)C1NCc1ccccc1. The lowest BCUT2D eigenvalue weighted by Crippen LogP contribution is -2.46. The summed E-state index contributed by atoms with van der Waals surface area (Å²) in [5.74, 6) is 0.665. The van der Waals surface area contributed by atoms with Gasteiger partial charge in [0.05, 0.1) is 0 Å². The molecule has 3 aromatic rings. The van der Waals surface area contributed by atoms with Crippen LogP contribution in [0.5, 0.6) is 0 Å². The molecule has 1 saturated heterocycles. The van der Waals surface area contributed by atoms with Crippen molar-refractivity contribution >= 4 is 0 Å². The number of hydrogen-bond acceptors (Lipinski definition) is 3. The molecule has 0 aliphatic carbocycles. The highest BCUT2D eigenvalue weighted by Crippen LogP contribution is 2.35. The number of aliphatic hydroxyl groups excluding tert-OH is 1. The molecule has 1 fully saturated rings. The van der Waals surface area contributed by atoms with E-state index < -0.39 is 0 Å². The van der Waals surface area contributed by atoms with Gasteiger partial charge in [-0.2, -0.15) is 0 Å². The summed E-state index contributed by atoms with van der Waals surface area (Å²) in [6.45, 7) is 1.99. The largest absolute Gasteiger partial charge is 0.396 e. The maximum atomic E-state index is 9.63. The topological polar surface area (TPSA) is 44.3 Å². The van der Waals surface area contributed by atoms with Crippen molar-refractivity contribution in [3.05, 3.63) is 108 Å². The predicted octanol–water partition coefficient (Wildman–Crippen LogP) is 3.95. The molecule has 29 heavy (non-hydrogen) atoms. The summed E-state index contributed by atoms with van der Waals surface area (Å²) in [5.41, 5.74) is 3.94. The predicted molar refractivity (Wildman–Crippen MR) is 119 cm³/mol. The normalized spacial score (nSPS) is 21.5. The van der Waals surface area contributed by atoms with Gasteiger partial charge in [0, 0.05) is 31.2 Å². The Morgan fingerprint density at radius 1 is 0.828 bits per heavy atom. The highest BCUT2D eigenvalue weighted by atomic mass is 16.3. The van der Waals surface area contributed by atoms with Gasteiger partial charge in [-0.1, -0.05) is 91.0 Å². The van der Waals surface area contributed by atoms with Gasteiger partial charge in [-0.15, -0.1) is 0 Å². The number of rotatable bonds is 8. The zero-order valence-corrected chi connectivity index (χ0v) is 16.7. The van der Waals surface area contributed by atoms with Crippen LogP contribution in [0.15, 0.2) is 91.0 Å². The van der Waals surface area contributed by atoms with Gasteiger partial charge < -0.3 is 15.7 Å². The molecular formula is C26H30N2O. The lowest BCUT2D eigenvalue weighted by atomic mass is 9.80. The van der Waals surface area contributed by atoms with Crippen LogP contribution < -0.4 is 10.6 Å². The minimum atomic E-state index is 0.226. The first kappa shape index (κ1) is 19.8. The van der Waals surface area contributed by atoms with Gasteiger partial charge in [0.25, 0.3) is 0 Å². The van der Waals surface area contributed by atoms with E-state index in [1.807, 2.05) is 0 Å². The van der Waals surface area contributed by atoms with Crippen molar-refractivity contribution in [3.8, 4) is 0 Å². The highest BCUT2D eigenvalue weighted by molar-refractivity contribution is 5.36. The van der Waals surface area contributed by atoms with E-state index in [-0.39, 0.29) is 24.6 Å². The van der Waals surface area contributed by atoms with Gasteiger partial charge in [0.1, 0.15) is 0 Å². The summed E-state index contributed by atoms with van der Waals surface area (Å²) in [5, 5.41) is 17.3. The minimum Gasteiger partial charge on any atom is -0.396 e. The summed E-state index contributed by atoms with van der Waals surface area (Å²) >= 11 is 0. The number of aliphatic hydroxyl groups is 1. The van der Waals surface area contributed by atoms with Crippen molar-refractivity contribution in [1.29, 1.82) is 0 Å². The van der Waals surface area contributed by atoms with Crippen LogP contribution in [-0.4, -0.2) is 30.3 Å². The molecule has 0 bridgehead atoms. The molecule has 1 heterocycles. The summed E-state index contributed by atoms with van der Waals surface area (Å²) in [6, 6.07) is 32.7. The Balaban J connectivity index is 1.64. The fraction of sp³-hybridized carbons (Fsp3) is 0.308. The van der Waals surface area contributed by atoms with Crippen LogP contribution >= 0.6 is 0 Å². The van der Waals surface area contributed by atoms with Crippen LogP contribution in [0.3, 0.4) is 0 Å². The summed E-state index contributed by atoms with van der Waals surface area (Å²) in [7, 11) is 0. The summed E-state index contributed by atoms with van der Waals surface area (Å²) < 4.78 is 0. The standard InChI is InChI=1S/C26H30N2O/c29-17-16-23-19-28-26(25(23)27-18-20-10-4-1-5-11-20)24(21-12-6-2-7-13-21)22-14-8-3-9-15-22/h1-15,23-29H,16-19H2. The van der Waals surface area contributed by atoms with Gasteiger partial charge in [0.2, 0.25) is 0 Å². The first-order chi connectivity index (χ1) is 14.4. The molecule has 3 heteroatoms. The Morgan fingerprint density at radius 3 is 1.93 bits per heavy atom. The van der Waals surface area contributed by atoms with Gasteiger partial charge in [-0.05, 0) is 35.6 Å². The lowest BCUT2D eigenvalue weighted by molar-refractivity contribution is 0.241. The average Bonchev–Trinajstić information content (AvgIpc) is 3.17. The molecule has 3 atom stereocenters. The van der Waals surface area contributed by atoms with E-state index in [0.717, 1.165) is 19.5 Å². The molecule has 3 nitrogen and oxygen atoms in total. The molecule has 0 spiro atoms. The quantitative estimate of drug-likeness (QED) is 0.549. The van der Waals surface area contributed by atoms with Crippen LogP contribution in [0.4, 0.5) is 0 Å². The molecule has 1 aliphatic heterocycles. The third-order valence-electron chi connectivity index (χ3n) is 6.07. The van der Waals surface area contributed by atoms with Crippen LogP contribution in [0.1, 0.15) is 29.0 Å². The Bertz CT molecular complexity index is 814. The van der Waals surface area contributed by atoms with E-state index in [1.165, 1.54) is 16.7 Å². The second-order valence-electron chi connectivity index (χ2n) is 7.90. The monoisotopic (exact) mass is 386 g/mol. The molecule has 0 amide bonds. The van der Waals surface area contributed by atoms with Gasteiger partial charge in [-0.3, -0.25) is 0 Å². The van der Waals surface area contributed by atoms with E-state index >= 15 is 0 Å². The van der Waals surface area contributed by atoms with Crippen LogP contribution in [-0.2, 0) is 6.54 Å². The maximum absolute atomic E-state index is 9.63. The molecule has 4 rings (SSSR count). The molecular weight excluding hydrogens is 356 g/mol. The molecule has 0 radical (unpaired) electrons. The van der Waals surface area contributed by atoms with E-state index in [4.69, 9.17) is 0 Å². The average molecular weight is 387 g/mol. The molecule has 3 N–H and O–H groups in total.